The van der Waals surface area contributed by atoms with Crippen LogP contribution in [-0.4, -0.2) is 5.78 Å². The molecule has 0 bridgehead atoms. The fourth-order valence-electron chi connectivity index (χ4n) is 1.09. The van der Waals surface area contributed by atoms with Gasteiger partial charge in [0.05, 0.1) is 0 Å². The molecule has 0 radical (unpaired) electrons. The van der Waals surface area contributed by atoms with E-state index in [1.54, 1.807) is 6.08 Å². The summed E-state index contributed by atoms with van der Waals surface area (Å²) in [6.07, 6.45) is 14.0. The van der Waals surface area contributed by atoms with Gasteiger partial charge in [0.1, 0.15) is 0 Å². The number of rotatable bonds is 8. The molecule has 1 nitrogen and oxygen atoms in total. The highest BCUT2D eigenvalue weighted by atomic mass is 16.1. The van der Waals surface area contributed by atoms with Gasteiger partial charge in [-0.15, -0.1) is 0 Å². The van der Waals surface area contributed by atoms with Gasteiger partial charge in [0, 0.05) is 6.42 Å². The number of allylic oxidation sites excluding steroid dienone is 4. The van der Waals surface area contributed by atoms with Crippen LogP contribution >= 0.6 is 0 Å². The second-order valence-electron chi connectivity index (χ2n) is 3.48. The Bertz CT molecular complexity index is 189. The maximum absolute atomic E-state index is 11.2. The molecule has 0 aromatic carbocycles. The van der Waals surface area contributed by atoms with Gasteiger partial charge >= 0.3 is 0 Å². The molecule has 80 valence electrons. The molecular weight excluding hydrogens is 172 g/mol. The lowest BCUT2D eigenvalue weighted by Gasteiger charge is -1.89. The number of hydrogen-bond donors (Lipinski definition) is 0. The third kappa shape index (κ3) is 9.24. The lowest BCUT2D eigenvalue weighted by Crippen LogP contribution is -1.88. The van der Waals surface area contributed by atoms with Gasteiger partial charge in [0.2, 0.25) is 0 Å². The summed E-state index contributed by atoms with van der Waals surface area (Å²) >= 11 is 0. The van der Waals surface area contributed by atoms with E-state index >= 15 is 0 Å². The molecule has 0 saturated heterocycles. The SMILES string of the molecule is CCC/C=C/C(=O)C/C=C/CCCC. The van der Waals surface area contributed by atoms with E-state index in [-0.39, 0.29) is 5.78 Å². The number of carbonyl (C=O) groups excluding carboxylic acids is 1. The highest BCUT2D eigenvalue weighted by Gasteiger charge is 1.90. The zero-order valence-electron chi connectivity index (χ0n) is 9.46. The van der Waals surface area contributed by atoms with Gasteiger partial charge in [-0.25, -0.2) is 0 Å². The maximum Gasteiger partial charge on any atom is 0.159 e. The molecule has 0 N–H and O–H groups in total. The zero-order chi connectivity index (χ0) is 10.6. The Morgan fingerprint density at radius 3 is 2.43 bits per heavy atom. The average Bonchev–Trinajstić information content (AvgIpc) is 2.18. The van der Waals surface area contributed by atoms with E-state index in [4.69, 9.17) is 0 Å². The lowest BCUT2D eigenvalue weighted by atomic mass is 10.2. The van der Waals surface area contributed by atoms with Crippen molar-refractivity contribution in [3.8, 4) is 0 Å². The van der Waals surface area contributed by atoms with Crippen LogP contribution in [0.25, 0.3) is 0 Å². The minimum atomic E-state index is 0.214. The van der Waals surface area contributed by atoms with E-state index in [1.807, 2.05) is 12.2 Å². The summed E-state index contributed by atoms with van der Waals surface area (Å²) in [5, 5.41) is 0. The van der Waals surface area contributed by atoms with Gasteiger partial charge in [-0.2, -0.15) is 0 Å². The first-order valence-electron chi connectivity index (χ1n) is 5.65. The van der Waals surface area contributed by atoms with Crippen LogP contribution in [0, 0.1) is 0 Å². The van der Waals surface area contributed by atoms with Crippen molar-refractivity contribution < 1.29 is 4.79 Å². The van der Waals surface area contributed by atoms with Gasteiger partial charge < -0.3 is 0 Å². The standard InChI is InChI=1S/C13H22O/c1-3-5-7-8-10-12-13(14)11-9-6-4-2/h8-11H,3-7,12H2,1-2H3/b10-8+,11-9+. The van der Waals surface area contributed by atoms with Crippen molar-refractivity contribution in [2.45, 2.75) is 52.4 Å². The summed E-state index contributed by atoms with van der Waals surface area (Å²) in [4.78, 5) is 11.2. The van der Waals surface area contributed by atoms with Crippen LogP contribution in [0.4, 0.5) is 0 Å². The molecule has 0 rings (SSSR count). The van der Waals surface area contributed by atoms with Crippen LogP contribution < -0.4 is 0 Å². The quantitative estimate of drug-likeness (QED) is 0.323. The van der Waals surface area contributed by atoms with Crippen LogP contribution in [0.3, 0.4) is 0 Å². The van der Waals surface area contributed by atoms with Crippen LogP contribution in [-0.2, 0) is 4.79 Å². The molecular formula is C13H22O. The molecule has 0 unspecified atom stereocenters. The molecule has 0 fully saturated rings. The van der Waals surface area contributed by atoms with Crippen molar-refractivity contribution in [2.75, 3.05) is 0 Å². The van der Waals surface area contributed by atoms with E-state index in [9.17, 15) is 4.79 Å². The van der Waals surface area contributed by atoms with E-state index in [1.165, 1.54) is 12.8 Å². The summed E-state index contributed by atoms with van der Waals surface area (Å²) in [6, 6.07) is 0. The smallest absolute Gasteiger partial charge is 0.159 e. The Labute approximate surface area is 87.9 Å². The molecule has 0 saturated carbocycles. The van der Waals surface area contributed by atoms with Crippen LogP contribution in [0.2, 0.25) is 0 Å². The molecule has 0 spiro atoms. The molecule has 0 aliphatic rings. The Morgan fingerprint density at radius 2 is 1.79 bits per heavy atom. The Hall–Kier alpha value is -0.850. The minimum absolute atomic E-state index is 0.214. The molecule has 1 heteroatoms. The Morgan fingerprint density at radius 1 is 1.00 bits per heavy atom. The lowest BCUT2D eigenvalue weighted by molar-refractivity contribution is -0.113. The topological polar surface area (TPSA) is 17.1 Å². The molecule has 0 aliphatic carbocycles. The molecule has 0 aromatic rings. The highest BCUT2D eigenvalue weighted by molar-refractivity contribution is 5.90. The van der Waals surface area contributed by atoms with Crippen molar-refractivity contribution >= 4 is 5.78 Å². The Balaban J connectivity index is 3.47. The largest absolute Gasteiger partial charge is 0.295 e. The fourth-order valence-corrected chi connectivity index (χ4v) is 1.09. The van der Waals surface area contributed by atoms with Gasteiger partial charge in [-0.3, -0.25) is 4.79 Å². The van der Waals surface area contributed by atoms with Gasteiger partial charge in [-0.1, -0.05) is 51.3 Å². The first-order valence-corrected chi connectivity index (χ1v) is 5.65. The van der Waals surface area contributed by atoms with Crippen LogP contribution in [0.1, 0.15) is 52.4 Å². The Kier molecular flexibility index (Phi) is 9.61. The predicted octanol–water partition coefficient (Wildman–Crippen LogP) is 4.05. The van der Waals surface area contributed by atoms with Crippen molar-refractivity contribution in [1.29, 1.82) is 0 Å². The van der Waals surface area contributed by atoms with E-state index in [0.29, 0.717) is 6.42 Å². The monoisotopic (exact) mass is 194 g/mol. The summed E-state index contributed by atoms with van der Waals surface area (Å²) in [5.74, 6) is 0.214. The minimum Gasteiger partial charge on any atom is -0.295 e. The third-order valence-electron chi connectivity index (χ3n) is 1.97. The van der Waals surface area contributed by atoms with Gasteiger partial charge in [0.25, 0.3) is 0 Å². The van der Waals surface area contributed by atoms with Crippen molar-refractivity contribution in [3.63, 3.8) is 0 Å². The molecule has 0 aliphatic heterocycles. The number of hydrogen-bond acceptors (Lipinski definition) is 1. The molecule has 0 atom stereocenters. The molecule has 14 heavy (non-hydrogen) atoms. The summed E-state index contributed by atoms with van der Waals surface area (Å²) < 4.78 is 0. The number of carbonyl (C=O) groups is 1. The predicted molar refractivity (Wildman–Crippen MR) is 62.3 cm³/mol. The molecule has 0 amide bonds. The summed E-state index contributed by atoms with van der Waals surface area (Å²) in [7, 11) is 0. The second-order valence-corrected chi connectivity index (χ2v) is 3.48. The van der Waals surface area contributed by atoms with Crippen LogP contribution in [0.15, 0.2) is 24.3 Å². The van der Waals surface area contributed by atoms with E-state index in [2.05, 4.69) is 19.9 Å². The van der Waals surface area contributed by atoms with Gasteiger partial charge in [0.15, 0.2) is 5.78 Å². The van der Waals surface area contributed by atoms with E-state index in [0.717, 1.165) is 19.3 Å². The fraction of sp³-hybridized carbons (Fsp3) is 0.615. The van der Waals surface area contributed by atoms with Crippen molar-refractivity contribution in [2.24, 2.45) is 0 Å². The number of ketones is 1. The molecule has 0 heterocycles. The first-order chi connectivity index (χ1) is 6.81. The highest BCUT2D eigenvalue weighted by Crippen LogP contribution is 1.97. The maximum atomic E-state index is 11.2. The normalized spacial score (nSPS) is 11.6. The second kappa shape index (κ2) is 10.2. The zero-order valence-corrected chi connectivity index (χ0v) is 9.46. The number of unbranched alkanes of at least 4 members (excludes halogenated alkanes) is 3. The van der Waals surface area contributed by atoms with Gasteiger partial charge in [-0.05, 0) is 18.9 Å². The summed E-state index contributed by atoms with van der Waals surface area (Å²) in [6.45, 7) is 4.28. The van der Waals surface area contributed by atoms with E-state index < -0.39 is 0 Å². The van der Waals surface area contributed by atoms with Crippen molar-refractivity contribution in [3.05, 3.63) is 24.3 Å². The molecule has 0 aromatic heterocycles. The third-order valence-corrected chi connectivity index (χ3v) is 1.97. The first kappa shape index (κ1) is 13.2. The van der Waals surface area contributed by atoms with Crippen LogP contribution in [0.5, 0.6) is 0 Å². The average molecular weight is 194 g/mol. The summed E-state index contributed by atoms with van der Waals surface area (Å²) in [5.41, 5.74) is 0. The van der Waals surface area contributed by atoms with Crippen molar-refractivity contribution in [1.82, 2.24) is 0 Å².